The molecule has 28 heavy (non-hydrogen) atoms. The van der Waals surface area contributed by atoms with Crippen molar-refractivity contribution in [1.29, 1.82) is 0 Å². The second-order valence-electron chi connectivity index (χ2n) is 7.21. The first-order chi connectivity index (χ1) is 13.5. The molecule has 146 valence electrons. The number of para-hydroxylation sites is 2. The summed E-state index contributed by atoms with van der Waals surface area (Å²) < 4.78 is 29.7. The van der Waals surface area contributed by atoms with E-state index in [1.807, 2.05) is 31.2 Å². The van der Waals surface area contributed by atoms with Gasteiger partial charge in [0.15, 0.2) is 5.78 Å². The lowest BCUT2D eigenvalue weighted by atomic mass is 10.1. The summed E-state index contributed by atoms with van der Waals surface area (Å²) in [6.45, 7) is 2.97. The van der Waals surface area contributed by atoms with E-state index in [2.05, 4.69) is 14.3 Å². The van der Waals surface area contributed by atoms with Gasteiger partial charge in [0.05, 0.1) is 15.9 Å². The Bertz CT molecular complexity index is 1110. The summed E-state index contributed by atoms with van der Waals surface area (Å²) in [5, 5.41) is 0. The van der Waals surface area contributed by atoms with E-state index >= 15 is 0 Å². The molecule has 6 nitrogen and oxygen atoms in total. The molecule has 1 fully saturated rings. The maximum Gasteiger partial charge on any atom is 0.240 e. The zero-order chi connectivity index (χ0) is 19.7. The number of nitrogens with zero attached hydrogens (tertiary/aromatic N) is 2. The fourth-order valence-corrected chi connectivity index (χ4v) is 4.46. The molecule has 1 aromatic heterocycles. The minimum Gasteiger partial charge on any atom is -0.328 e. The number of hydrogen-bond donors (Lipinski definition) is 1. The maximum atomic E-state index is 12.5. The molecule has 0 amide bonds. The highest BCUT2D eigenvalue weighted by Crippen LogP contribution is 2.32. The molecule has 0 spiro atoms. The molecule has 1 N–H and O–H groups in total. The first-order valence-corrected chi connectivity index (χ1v) is 11.0. The Morgan fingerprint density at radius 1 is 1.14 bits per heavy atom. The number of hydrogen-bond acceptors (Lipinski definition) is 4. The summed E-state index contributed by atoms with van der Waals surface area (Å²) in [4.78, 5) is 16.7. The second kappa shape index (κ2) is 7.48. The van der Waals surface area contributed by atoms with Gasteiger partial charge in [0.25, 0.3) is 0 Å². The van der Waals surface area contributed by atoms with Crippen LogP contribution in [-0.4, -0.2) is 30.3 Å². The molecular formula is C21H23N3O3S. The summed E-state index contributed by atoms with van der Waals surface area (Å²) in [5.74, 6) is 1.16. The van der Waals surface area contributed by atoms with E-state index in [0.29, 0.717) is 25.1 Å². The van der Waals surface area contributed by atoms with Crippen molar-refractivity contribution in [3.63, 3.8) is 0 Å². The molecule has 0 unspecified atom stereocenters. The molecule has 1 heterocycles. The van der Waals surface area contributed by atoms with Gasteiger partial charge in [-0.25, -0.2) is 18.1 Å². The van der Waals surface area contributed by atoms with Gasteiger partial charge in [-0.2, -0.15) is 0 Å². The quantitative estimate of drug-likeness (QED) is 0.467. The Kier molecular flexibility index (Phi) is 5.03. The highest BCUT2D eigenvalue weighted by molar-refractivity contribution is 7.89. The van der Waals surface area contributed by atoms with Crippen molar-refractivity contribution < 1.29 is 13.2 Å². The zero-order valence-corrected chi connectivity index (χ0v) is 16.6. The molecule has 4 rings (SSSR count). The predicted octanol–water partition coefficient (Wildman–Crippen LogP) is 3.31. The Labute approximate surface area is 164 Å². The van der Waals surface area contributed by atoms with Gasteiger partial charge in [0, 0.05) is 24.6 Å². The standard InChI is InChI=1S/C21H23N3O3S/c1-15-23-19-5-2-3-6-20(19)24(15)14-4-13-22-28(26,27)18-11-9-17(10-12-18)21(25)16-7-8-16/h2-3,5-6,9-12,16,22H,4,7-8,13-14H2,1H3. The molecule has 7 heteroatoms. The van der Waals surface area contributed by atoms with Crippen LogP contribution >= 0.6 is 0 Å². The molecule has 0 bridgehead atoms. The molecule has 0 aliphatic heterocycles. The Morgan fingerprint density at radius 2 is 1.86 bits per heavy atom. The van der Waals surface area contributed by atoms with Crippen molar-refractivity contribution in [2.24, 2.45) is 5.92 Å². The molecule has 0 radical (unpaired) electrons. The minimum absolute atomic E-state index is 0.111. The second-order valence-corrected chi connectivity index (χ2v) is 8.98. The highest BCUT2D eigenvalue weighted by atomic mass is 32.2. The number of aromatic nitrogens is 2. The van der Waals surface area contributed by atoms with Crippen LogP contribution in [0.25, 0.3) is 11.0 Å². The number of aryl methyl sites for hydroxylation is 2. The van der Waals surface area contributed by atoms with Gasteiger partial charge in [0.2, 0.25) is 10.0 Å². The average Bonchev–Trinajstić information content (AvgIpc) is 3.49. The highest BCUT2D eigenvalue weighted by Gasteiger charge is 2.30. The summed E-state index contributed by atoms with van der Waals surface area (Å²) >= 11 is 0. The summed E-state index contributed by atoms with van der Waals surface area (Å²) in [6.07, 6.45) is 2.52. The van der Waals surface area contributed by atoms with Gasteiger partial charge in [-0.05, 0) is 50.5 Å². The number of fused-ring (bicyclic) bond motifs is 1. The van der Waals surface area contributed by atoms with Gasteiger partial charge in [-0.1, -0.05) is 24.3 Å². The average molecular weight is 398 g/mol. The van der Waals surface area contributed by atoms with Gasteiger partial charge in [0.1, 0.15) is 5.82 Å². The SMILES string of the molecule is Cc1nc2ccccc2n1CCCNS(=O)(=O)c1ccc(C(=O)C2CC2)cc1. The molecular weight excluding hydrogens is 374 g/mol. The van der Waals surface area contributed by atoms with E-state index in [1.54, 1.807) is 12.1 Å². The topological polar surface area (TPSA) is 81.1 Å². The lowest BCUT2D eigenvalue weighted by molar-refractivity contribution is 0.0967. The number of sulfonamides is 1. The largest absolute Gasteiger partial charge is 0.328 e. The Hall–Kier alpha value is -2.51. The number of carbonyl (C=O) groups excluding carboxylic acids is 1. The van der Waals surface area contributed by atoms with E-state index in [9.17, 15) is 13.2 Å². The fourth-order valence-electron chi connectivity index (χ4n) is 3.38. The zero-order valence-electron chi connectivity index (χ0n) is 15.8. The maximum absolute atomic E-state index is 12.5. The van der Waals surface area contributed by atoms with Gasteiger partial charge < -0.3 is 4.57 Å². The number of imidazole rings is 1. The fraction of sp³-hybridized carbons (Fsp3) is 0.333. The van der Waals surface area contributed by atoms with Crippen LogP contribution in [0.15, 0.2) is 53.4 Å². The first-order valence-electron chi connectivity index (χ1n) is 9.51. The van der Waals surface area contributed by atoms with Crippen molar-refractivity contribution in [3.8, 4) is 0 Å². The van der Waals surface area contributed by atoms with Crippen molar-refractivity contribution in [3.05, 3.63) is 59.9 Å². The monoisotopic (exact) mass is 397 g/mol. The molecule has 1 aliphatic rings. The van der Waals surface area contributed by atoms with Crippen LogP contribution in [0.4, 0.5) is 0 Å². The number of carbonyl (C=O) groups is 1. The lowest BCUT2D eigenvalue weighted by Gasteiger charge is -2.09. The van der Waals surface area contributed by atoms with Crippen molar-refractivity contribution in [1.82, 2.24) is 14.3 Å². The molecule has 1 aliphatic carbocycles. The van der Waals surface area contributed by atoms with E-state index in [4.69, 9.17) is 0 Å². The molecule has 2 aromatic carbocycles. The van der Waals surface area contributed by atoms with Crippen LogP contribution < -0.4 is 4.72 Å². The van der Waals surface area contributed by atoms with Crippen LogP contribution in [0.1, 0.15) is 35.4 Å². The predicted molar refractivity (Wildman–Crippen MR) is 108 cm³/mol. The van der Waals surface area contributed by atoms with Crippen molar-refractivity contribution in [2.45, 2.75) is 37.6 Å². The molecule has 0 saturated heterocycles. The Balaban J connectivity index is 1.36. The number of benzene rings is 2. The third kappa shape index (κ3) is 3.86. The van der Waals surface area contributed by atoms with Crippen LogP contribution in [0.2, 0.25) is 0 Å². The molecule has 1 saturated carbocycles. The number of Topliss-reactive ketones (excluding diaryl/α,β-unsaturated/α-hetero) is 1. The minimum atomic E-state index is -3.59. The number of nitrogens with one attached hydrogen (secondary N) is 1. The molecule has 0 atom stereocenters. The summed E-state index contributed by atoms with van der Waals surface area (Å²) in [5.41, 5.74) is 2.59. The van der Waals surface area contributed by atoms with Gasteiger partial charge in [-0.3, -0.25) is 4.79 Å². The number of rotatable bonds is 8. The first kappa shape index (κ1) is 18.8. The van der Waals surface area contributed by atoms with Crippen molar-refractivity contribution in [2.75, 3.05) is 6.54 Å². The third-order valence-corrected chi connectivity index (χ3v) is 6.57. The van der Waals surface area contributed by atoms with E-state index in [0.717, 1.165) is 29.7 Å². The number of ketones is 1. The van der Waals surface area contributed by atoms with Crippen LogP contribution in [0.5, 0.6) is 0 Å². The normalized spacial score (nSPS) is 14.5. The lowest BCUT2D eigenvalue weighted by Crippen LogP contribution is -2.25. The third-order valence-electron chi connectivity index (χ3n) is 5.09. The smallest absolute Gasteiger partial charge is 0.240 e. The van der Waals surface area contributed by atoms with E-state index < -0.39 is 10.0 Å². The summed E-state index contributed by atoms with van der Waals surface area (Å²) in [7, 11) is -3.59. The van der Waals surface area contributed by atoms with E-state index in [1.165, 1.54) is 12.1 Å². The van der Waals surface area contributed by atoms with Crippen molar-refractivity contribution >= 4 is 26.8 Å². The Morgan fingerprint density at radius 3 is 2.57 bits per heavy atom. The van der Waals surface area contributed by atoms with Crippen LogP contribution in [0.3, 0.4) is 0 Å². The summed E-state index contributed by atoms with van der Waals surface area (Å²) in [6, 6.07) is 14.1. The van der Waals surface area contributed by atoms with Gasteiger partial charge in [-0.15, -0.1) is 0 Å². The molecule has 3 aromatic rings. The van der Waals surface area contributed by atoms with Crippen LogP contribution in [0, 0.1) is 12.8 Å². The van der Waals surface area contributed by atoms with E-state index in [-0.39, 0.29) is 16.6 Å². The van der Waals surface area contributed by atoms with Gasteiger partial charge >= 0.3 is 0 Å². The van der Waals surface area contributed by atoms with Crippen LogP contribution in [-0.2, 0) is 16.6 Å².